The molecule has 0 atom stereocenters. The summed E-state index contributed by atoms with van der Waals surface area (Å²) in [7, 11) is 0. The molecular formula is C28H34N6. The number of rotatable bonds is 6. The van der Waals surface area contributed by atoms with Crippen LogP contribution in [-0.2, 0) is 6.54 Å². The third-order valence-corrected chi connectivity index (χ3v) is 6.60. The first kappa shape index (κ1) is 23.5. The highest BCUT2D eigenvalue weighted by atomic mass is 15.3. The van der Waals surface area contributed by atoms with E-state index in [2.05, 4.69) is 77.1 Å². The molecule has 6 nitrogen and oxygen atoms in total. The van der Waals surface area contributed by atoms with Crippen molar-refractivity contribution < 1.29 is 0 Å². The van der Waals surface area contributed by atoms with Crippen LogP contribution in [0.2, 0.25) is 0 Å². The largest absolute Gasteiger partial charge is 0.382 e. The van der Waals surface area contributed by atoms with E-state index in [4.69, 9.17) is 10.7 Å². The lowest BCUT2D eigenvalue weighted by atomic mass is 9.91. The van der Waals surface area contributed by atoms with Crippen LogP contribution in [0.25, 0.3) is 0 Å². The summed E-state index contributed by atoms with van der Waals surface area (Å²) in [5, 5.41) is 0. The molecule has 2 aliphatic rings. The van der Waals surface area contributed by atoms with Gasteiger partial charge in [-0.3, -0.25) is 4.90 Å². The molecule has 6 heteroatoms. The minimum Gasteiger partial charge on any atom is -0.382 e. The van der Waals surface area contributed by atoms with Gasteiger partial charge in [-0.2, -0.15) is 0 Å². The van der Waals surface area contributed by atoms with E-state index in [0.29, 0.717) is 18.1 Å². The molecule has 2 N–H and O–H groups in total. The second kappa shape index (κ2) is 9.67. The maximum atomic E-state index is 6.27. The molecule has 0 fully saturated rings. The molecule has 2 heterocycles. The standard InChI is InChI=1S/C28H34N6/c1-7-18(2)15-30-28(29)27-22(6)33(17-31-27)16-25-32-23-13-10-12-20(4)26(23)21(5)34(25)24-14-9-8-11-19(24)3/h8-9,11,13-15,17H,5,7,10,12,16H2,1-4,6H3,(H2,29,30). The van der Waals surface area contributed by atoms with Crippen LogP contribution in [0, 0.1) is 13.8 Å². The van der Waals surface area contributed by atoms with Gasteiger partial charge in [-0.15, -0.1) is 0 Å². The lowest BCUT2D eigenvalue weighted by Gasteiger charge is -2.37. The smallest absolute Gasteiger partial charge is 0.151 e. The number of amidine groups is 2. The van der Waals surface area contributed by atoms with E-state index >= 15 is 0 Å². The zero-order chi connectivity index (χ0) is 24.4. The van der Waals surface area contributed by atoms with Crippen molar-refractivity contribution in [2.24, 2.45) is 15.7 Å². The molecule has 0 saturated carbocycles. The Morgan fingerprint density at radius 1 is 1.24 bits per heavy atom. The molecule has 0 bridgehead atoms. The minimum atomic E-state index is 0.422. The van der Waals surface area contributed by atoms with E-state index in [1.807, 2.05) is 26.4 Å². The Hall–Kier alpha value is -3.67. The lowest BCUT2D eigenvalue weighted by Crippen LogP contribution is -2.38. The molecule has 2 aromatic rings. The summed E-state index contributed by atoms with van der Waals surface area (Å²) in [5.74, 6) is 1.33. The van der Waals surface area contributed by atoms with Crippen molar-refractivity contribution in [1.82, 2.24) is 9.55 Å². The van der Waals surface area contributed by atoms with E-state index in [0.717, 1.165) is 53.4 Å². The summed E-state index contributed by atoms with van der Waals surface area (Å²) in [6, 6.07) is 8.37. The SMILES string of the molecule is C=C1C2=C(C)CCC=C2N=C(Cn2cnc(C(N)=NC=C(C)CC)c2C)N1c1ccccc1C. The number of fused-ring (bicyclic) bond motifs is 1. The maximum Gasteiger partial charge on any atom is 0.151 e. The minimum absolute atomic E-state index is 0.422. The first-order valence-electron chi connectivity index (χ1n) is 11.9. The highest BCUT2D eigenvalue weighted by Gasteiger charge is 2.30. The van der Waals surface area contributed by atoms with Gasteiger partial charge in [0, 0.05) is 23.2 Å². The fourth-order valence-electron chi connectivity index (χ4n) is 4.37. The number of aromatic nitrogens is 2. The zero-order valence-corrected chi connectivity index (χ0v) is 20.9. The molecule has 0 spiro atoms. The van der Waals surface area contributed by atoms with Gasteiger partial charge in [0.15, 0.2) is 5.84 Å². The molecule has 0 saturated heterocycles. The van der Waals surface area contributed by atoms with Gasteiger partial charge in [-0.1, -0.05) is 48.9 Å². The summed E-state index contributed by atoms with van der Waals surface area (Å²) in [5.41, 5.74) is 15.9. The number of aliphatic imine (C=N–C) groups is 2. The van der Waals surface area contributed by atoms with Crippen molar-refractivity contribution in [3.8, 4) is 0 Å². The molecule has 0 unspecified atom stereocenters. The third-order valence-electron chi connectivity index (χ3n) is 6.60. The van der Waals surface area contributed by atoms with Crippen molar-refractivity contribution in [2.75, 3.05) is 4.90 Å². The number of hydrogen-bond donors (Lipinski definition) is 1. The fraction of sp³-hybridized carbons (Fsp3) is 0.321. The average molecular weight is 455 g/mol. The molecule has 34 heavy (non-hydrogen) atoms. The van der Waals surface area contributed by atoms with Crippen LogP contribution >= 0.6 is 0 Å². The predicted octanol–water partition coefficient (Wildman–Crippen LogP) is 5.95. The van der Waals surface area contributed by atoms with Crippen molar-refractivity contribution in [3.05, 3.63) is 94.5 Å². The van der Waals surface area contributed by atoms with E-state index in [9.17, 15) is 0 Å². The fourth-order valence-corrected chi connectivity index (χ4v) is 4.37. The molecule has 1 aromatic carbocycles. The van der Waals surface area contributed by atoms with E-state index in [-0.39, 0.29) is 0 Å². The number of nitrogens with two attached hydrogens (primary N) is 1. The van der Waals surface area contributed by atoms with Gasteiger partial charge in [-0.25, -0.2) is 15.0 Å². The number of para-hydroxylation sites is 1. The molecule has 0 radical (unpaired) electrons. The molecule has 4 rings (SSSR count). The van der Waals surface area contributed by atoms with Gasteiger partial charge in [0.25, 0.3) is 0 Å². The summed E-state index contributed by atoms with van der Waals surface area (Å²) >= 11 is 0. The Kier molecular flexibility index (Phi) is 6.68. The molecule has 0 amide bonds. The van der Waals surface area contributed by atoms with Gasteiger partial charge < -0.3 is 10.3 Å². The number of imidazole rings is 1. The molecular weight excluding hydrogens is 420 g/mol. The number of allylic oxidation sites excluding steroid dienone is 3. The second-order valence-corrected chi connectivity index (χ2v) is 9.03. The number of anilines is 1. The highest BCUT2D eigenvalue weighted by Crippen LogP contribution is 2.39. The maximum absolute atomic E-state index is 6.27. The van der Waals surface area contributed by atoms with Crippen LogP contribution in [-0.4, -0.2) is 21.2 Å². The first-order chi connectivity index (χ1) is 16.3. The van der Waals surface area contributed by atoms with Crippen molar-refractivity contribution in [3.63, 3.8) is 0 Å². The number of hydrogen-bond acceptors (Lipinski definition) is 4. The number of benzene rings is 1. The Morgan fingerprint density at radius 3 is 2.74 bits per heavy atom. The van der Waals surface area contributed by atoms with Crippen LogP contribution in [0.1, 0.15) is 57.0 Å². The normalized spacial score (nSPS) is 17.1. The summed E-state index contributed by atoms with van der Waals surface area (Å²) in [6.45, 7) is 15.5. The van der Waals surface area contributed by atoms with Crippen molar-refractivity contribution >= 4 is 17.4 Å². The van der Waals surface area contributed by atoms with Crippen LogP contribution in [0.5, 0.6) is 0 Å². The molecule has 1 aliphatic heterocycles. The summed E-state index contributed by atoms with van der Waals surface area (Å²) in [6.07, 6.45) is 8.84. The van der Waals surface area contributed by atoms with Gasteiger partial charge in [-0.05, 0) is 58.6 Å². The van der Waals surface area contributed by atoms with Crippen LogP contribution in [0.4, 0.5) is 5.69 Å². The highest BCUT2D eigenvalue weighted by molar-refractivity contribution is 6.05. The number of nitrogens with zero attached hydrogens (tertiary/aromatic N) is 5. The van der Waals surface area contributed by atoms with E-state index < -0.39 is 0 Å². The average Bonchev–Trinajstić information content (AvgIpc) is 3.18. The Balaban J connectivity index is 1.76. The molecule has 176 valence electrons. The summed E-state index contributed by atoms with van der Waals surface area (Å²) < 4.78 is 2.08. The van der Waals surface area contributed by atoms with Crippen molar-refractivity contribution in [2.45, 2.75) is 60.4 Å². The van der Waals surface area contributed by atoms with E-state index in [1.54, 1.807) is 0 Å². The zero-order valence-electron chi connectivity index (χ0n) is 20.9. The van der Waals surface area contributed by atoms with Crippen LogP contribution < -0.4 is 10.6 Å². The Morgan fingerprint density at radius 2 is 2.00 bits per heavy atom. The third kappa shape index (κ3) is 4.40. The van der Waals surface area contributed by atoms with Gasteiger partial charge >= 0.3 is 0 Å². The predicted molar refractivity (Wildman–Crippen MR) is 142 cm³/mol. The van der Waals surface area contributed by atoms with Crippen LogP contribution in [0.15, 0.2) is 87.5 Å². The Labute approximate surface area is 202 Å². The quantitative estimate of drug-likeness (QED) is 0.433. The summed E-state index contributed by atoms with van der Waals surface area (Å²) in [4.78, 5) is 16.3. The van der Waals surface area contributed by atoms with Gasteiger partial charge in [0.2, 0.25) is 0 Å². The van der Waals surface area contributed by atoms with Gasteiger partial charge in [0.1, 0.15) is 11.5 Å². The topological polar surface area (TPSA) is 71.8 Å². The first-order valence-corrected chi connectivity index (χ1v) is 11.9. The molecule has 1 aromatic heterocycles. The van der Waals surface area contributed by atoms with E-state index in [1.165, 1.54) is 16.7 Å². The van der Waals surface area contributed by atoms with Gasteiger partial charge in [0.05, 0.1) is 24.3 Å². The lowest BCUT2D eigenvalue weighted by molar-refractivity contribution is 0.796. The second-order valence-electron chi connectivity index (χ2n) is 9.03. The van der Waals surface area contributed by atoms with Crippen LogP contribution in [0.3, 0.4) is 0 Å². The molecule has 1 aliphatic carbocycles. The number of aryl methyl sites for hydroxylation is 1. The monoisotopic (exact) mass is 454 g/mol. The Bertz CT molecular complexity index is 1280. The van der Waals surface area contributed by atoms with Crippen molar-refractivity contribution in [1.29, 1.82) is 0 Å².